The maximum Gasteiger partial charge on any atom is 0.137 e. The van der Waals surface area contributed by atoms with Crippen molar-refractivity contribution in [1.29, 1.82) is 0 Å². The Balaban J connectivity index is 2.06. The van der Waals surface area contributed by atoms with Crippen LogP contribution in [0.5, 0.6) is 0 Å². The number of ketones is 1. The Morgan fingerprint density at radius 1 is 1.12 bits per heavy atom. The standard InChI is InChI=1S/C16H20O/c1-15(2)12-9-14(15)16(3,10-13(12)17)11-7-5-4-6-8-11/h4-8,12,14H,9-10H2,1-3H3/t12-,14+,16-/m0/s1. The van der Waals surface area contributed by atoms with Crippen LogP contribution in [0.25, 0.3) is 0 Å². The average molecular weight is 228 g/mol. The molecular weight excluding hydrogens is 208 g/mol. The maximum atomic E-state index is 12.2. The van der Waals surface area contributed by atoms with Gasteiger partial charge in [0.2, 0.25) is 0 Å². The second-order valence-electron chi connectivity index (χ2n) is 6.59. The lowest BCUT2D eigenvalue weighted by Crippen LogP contribution is -2.62. The Morgan fingerprint density at radius 3 is 2.29 bits per heavy atom. The molecule has 0 unspecified atom stereocenters. The highest BCUT2D eigenvalue weighted by Gasteiger charge is 2.63. The molecule has 0 spiro atoms. The van der Waals surface area contributed by atoms with Gasteiger partial charge in [-0.3, -0.25) is 4.79 Å². The second kappa shape index (κ2) is 3.22. The summed E-state index contributed by atoms with van der Waals surface area (Å²) >= 11 is 0. The summed E-state index contributed by atoms with van der Waals surface area (Å²) in [6.45, 7) is 6.82. The fourth-order valence-corrected chi connectivity index (χ4v) is 4.28. The van der Waals surface area contributed by atoms with Gasteiger partial charge in [0, 0.05) is 17.8 Å². The third-order valence-corrected chi connectivity index (χ3v) is 5.40. The summed E-state index contributed by atoms with van der Waals surface area (Å²) < 4.78 is 0. The fourth-order valence-electron chi connectivity index (χ4n) is 4.28. The van der Waals surface area contributed by atoms with Crippen molar-refractivity contribution in [3.8, 4) is 0 Å². The number of rotatable bonds is 1. The van der Waals surface area contributed by atoms with Gasteiger partial charge in [0.05, 0.1) is 0 Å². The number of Topliss-reactive ketones (excluding diaryl/α,β-unsaturated/α-hetero) is 1. The van der Waals surface area contributed by atoms with Crippen LogP contribution in [0.4, 0.5) is 0 Å². The van der Waals surface area contributed by atoms with E-state index in [1.54, 1.807) is 0 Å². The molecule has 1 nitrogen and oxygen atoms in total. The number of carbonyl (C=O) groups excluding carboxylic acids is 1. The summed E-state index contributed by atoms with van der Waals surface area (Å²) in [7, 11) is 0. The third kappa shape index (κ3) is 1.28. The van der Waals surface area contributed by atoms with Crippen molar-refractivity contribution < 1.29 is 4.79 Å². The number of hydrogen-bond donors (Lipinski definition) is 0. The van der Waals surface area contributed by atoms with Crippen LogP contribution in [0.3, 0.4) is 0 Å². The van der Waals surface area contributed by atoms with Crippen molar-refractivity contribution in [3.05, 3.63) is 35.9 Å². The molecule has 1 aromatic carbocycles. The summed E-state index contributed by atoms with van der Waals surface area (Å²) in [4.78, 5) is 12.2. The third-order valence-electron chi connectivity index (χ3n) is 5.40. The highest BCUT2D eigenvalue weighted by atomic mass is 16.1. The first-order valence-electron chi connectivity index (χ1n) is 6.54. The molecule has 1 aromatic rings. The molecule has 0 amide bonds. The number of benzene rings is 1. The number of fused-ring (bicyclic) bond motifs is 2. The van der Waals surface area contributed by atoms with Crippen molar-refractivity contribution in [1.82, 2.24) is 0 Å². The Bertz CT molecular complexity index is 460. The molecule has 0 radical (unpaired) electrons. The first-order chi connectivity index (χ1) is 7.96. The van der Waals surface area contributed by atoms with Crippen molar-refractivity contribution in [2.45, 2.75) is 39.0 Å². The van der Waals surface area contributed by atoms with Gasteiger partial charge in [-0.05, 0) is 23.3 Å². The van der Waals surface area contributed by atoms with Gasteiger partial charge in [-0.1, -0.05) is 51.1 Å². The lowest BCUT2D eigenvalue weighted by molar-refractivity contribution is -0.161. The van der Waals surface area contributed by atoms with Crippen LogP contribution in [-0.4, -0.2) is 5.78 Å². The van der Waals surface area contributed by atoms with Crippen LogP contribution in [0, 0.1) is 17.3 Å². The minimum atomic E-state index is 0.0522. The quantitative estimate of drug-likeness (QED) is 0.718. The predicted octanol–water partition coefficient (Wildman–Crippen LogP) is 3.58. The van der Waals surface area contributed by atoms with Crippen molar-refractivity contribution in [2.75, 3.05) is 0 Å². The predicted molar refractivity (Wildman–Crippen MR) is 68.8 cm³/mol. The first kappa shape index (κ1) is 11.0. The lowest BCUT2D eigenvalue weighted by atomic mass is 9.39. The number of hydrogen-bond acceptors (Lipinski definition) is 1. The van der Waals surface area contributed by atoms with E-state index in [1.807, 2.05) is 6.07 Å². The normalized spacial score (nSPS) is 38.6. The molecule has 3 atom stereocenters. The average Bonchev–Trinajstić information content (AvgIpc) is 2.28. The Hall–Kier alpha value is -1.11. The van der Waals surface area contributed by atoms with Gasteiger partial charge in [0.25, 0.3) is 0 Å². The van der Waals surface area contributed by atoms with Gasteiger partial charge in [-0.2, -0.15) is 0 Å². The molecule has 2 bridgehead atoms. The summed E-state index contributed by atoms with van der Waals surface area (Å²) in [5.41, 5.74) is 1.58. The van der Waals surface area contributed by atoms with Crippen molar-refractivity contribution >= 4 is 5.78 Å². The van der Waals surface area contributed by atoms with Crippen LogP contribution in [-0.2, 0) is 10.2 Å². The van der Waals surface area contributed by atoms with E-state index < -0.39 is 0 Å². The Morgan fingerprint density at radius 2 is 1.76 bits per heavy atom. The van der Waals surface area contributed by atoms with E-state index in [4.69, 9.17) is 0 Å². The van der Waals surface area contributed by atoms with E-state index in [9.17, 15) is 4.79 Å². The van der Waals surface area contributed by atoms with E-state index in [1.165, 1.54) is 5.56 Å². The summed E-state index contributed by atoms with van der Waals surface area (Å²) in [5, 5.41) is 0. The van der Waals surface area contributed by atoms with Crippen LogP contribution in [0.15, 0.2) is 30.3 Å². The maximum absolute atomic E-state index is 12.2. The van der Waals surface area contributed by atoms with Crippen molar-refractivity contribution in [2.24, 2.45) is 17.3 Å². The molecule has 4 rings (SSSR count). The monoisotopic (exact) mass is 228 g/mol. The zero-order valence-corrected chi connectivity index (χ0v) is 10.9. The van der Waals surface area contributed by atoms with E-state index in [0.717, 1.165) is 12.8 Å². The molecule has 1 heteroatoms. The zero-order chi connectivity index (χ0) is 12.3. The van der Waals surface area contributed by atoms with E-state index >= 15 is 0 Å². The van der Waals surface area contributed by atoms with Gasteiger partial charge in [-0.25, -0.2) is 0 Å². The van der Waals surface area contributed by atoms with Gasteiger partial charge < -0.3 is 0 Å². The molecule has 17 heavy (non-hydrogen) atoms. The Kier molecular flexibility index (Phi) is 2.08. The first-order valence-corrected chi connectivity index (χ1v) is 6.54. The minimum Gasteiger partial charge on any atom is -0.299 e. The molecule has 3 aliphatic carbocycles. The SMILES string of the molecule is CC1(C)[C@H]2C[C@H]1C(=O)C[C@@]2(C)c1ccccc1. The highest BCUT2D eigenvalue weighted by molar-refractivity contribution is 5.86. The van der Waals surface area contributed by atoms with Crippen LogP contribution in [0.1, 0.15) is 39.2 Å². The molecule has 0 aliphatic heterocycles. The van der Waals surface area contributed by atoms with Crippen LogP contribution in [0.2, 0.25) is 0 Å². The summed E-state index contributed by atoms with van der Waals surface area (Å²) in [6.07, 6.45) is 1.83. The van der Waals surface area contributed by atoms with E-state index in [-0.39, 0.29) is 10.8 Å². The second-order valence-corrected chi connectivity index (χ2v) is 6.59. The highest BCUT2D eigenvalue weighted by Crippen LogP contribution is 2.64. The van der Waals surface area contributed by atoms with Gasteiger partial charge >= 0.3 is 0 Å². The Labute approximate surface area is 103 Å². The topological polar surface area (TPSA) is 17.1 Å². The summed E-state index contributed by atoms with van der Waals surface area (Å²) in [5.74, 6) is 1.45. The van der Waals surface area contributed by atoms with Crippen molar-refractivity contribution in [3.63, 3.8) is 0 Å². The summed E-state index contributed by atoms with van der Waals surface area (Å²) in [6, 6.07) is 10.6. The molecule has 0 saturated heterocycles. The molecule has 3 aliphatic rings. The van der Waals surface area contributed by atoms with E-state index in [0.29, 0.717) is 17.6 Å². The number of carbonyl (C=O) groups is 1. The zero-order valence-electron chi connectivity index (χ0n) is 10.9. The van der Waals surface area contributed by atoms with Gasteiger partial charge in [0.1, 0.15) is 5.78 Å². The van der Waals surface area contributed by atoms with Gasteiger partial charge in [-0.15, -0.1) is 0 Å². The molecular formula is C16H20O. The van der Waals surface area contributed by atoms with Crippen LogP contribution < -0.4 is 0 Å². The minimum absolute atomic E-state index is 0.0522. The largest absolute Gasteiger partial charge is 0.299 e. The fraction of sp³-hybridized carbons (Fsp3) is 0.562. The molecule has 3 saturated carbocycles. The van der Waals surface area contributed by atoms with E-state index in [2.05, 4.69) is 45.0 Å². The lowest BCUT2D eigenvalue weighted by Gasteiger charge is -2.63. The molecule has 3 fully saturated rings. The molecule has 0 heterocycles. The molecule has 0 N–H and O–H groups in total. The molecule has 90 valence electrons. The molecule has 0 aromatic heterocycles. The smallest absolute Gasteiger partial charge is 0.137 e. The van der Waals surface area contributed by atoms with Crippen LogP contribution >= 0.6 is 0 Å². The van der Waals surface area contributed by atoms with Gasteiger partial charge in [0.15, 0.2) is 0 Å².